The fourth-order valence-corrected chi connectivity index (χ4v) is 1.85. The molecule has 3 N–H and O–H groups in total. The maximum atomic E-state index is 11.7. The van der Waals surface area contributed by atoms with E-state index in [4.69, 9.17) is 10.5 Å². The number of amides is 1. The van der Waals surface area contributed by atoms with Gasteiger partial charge in [0.15, 0.2) is 0 Å². The molecule has 0 heterocycles. The van der Waals surface area contributed by atoms with Crippen molar-refractivity contribution in [3.8, 4) is 0 Å². The Balaban J connectivity index is 2.17. The monoisotopic (exact) mass is 279 g/mol. The van der Waals surface area contributed by atoms with E-state index in [9.17, 15) is 4.79 Å². The highest BCUT2D eigenvalue weighted by Crippen LogP contribution is 2.10. The molecule has 5 nitrogen and oxygen atoms in total. The van der Waals surface area contributed by atoms with E-state index in [1.54, 1.807) is 7.11 Å². The smallest absolute Gasteiger partial charge is 0.237 e. The number of anilines is 1. The molecule has 5 heteroatoms. The lowest BCUT2D eigenvalue weighted by Crippen LogP contribution is -2.42. The van der Waals surface area contributed by atoms with Gasteiger partial charge in [0, 0.05) is 39.5 Å². The number of rotatable bonds is 9. The topological polar surface area (TPSA) is 67.6 Å². The third-order valence-corrected chi connectivity index (χ3v) is 3.14. The Morgan fingerprint density at radius 3 is 2.75 bits per heavy atom. The molecule has 1 unspecified atom stereocenters. The van der Waals surface area contributed by atoms with E-state index in [0.29, 0.717) is 19.6 Å². The summed E-state index contributed by atoms with van der Waals surface area (Å²) < 4.78 is 4.90. The highest BCUT2D eigenvalue weighted by molar-refractivity contribution is 5.81. The van der Waals surface area contributed by atoms with Crippen molar-refractivity contribution < 1.29 is 9.53 Å². The molecule has 1 atom stereocenters. The average Bonchev–Trinajstić information content (AvgIpc) is 2.49. The maximum absolute atomic E-state index is 11.7. The van der Waals surface area contributed by atoms with E-state index in [1.165, 1.54) is 5.69 Å². The Morgan fingerprint density at radius 2 is 2.10 bits per heavy atom. The number of carbonyl (C=O) groups excluding carboxylic acids is 1. The first-order valence-electron chi connectivity index (χ1n) is 6.93. The Morgan fingerprint density at radius 1 is 1.40 bits per heavy atom. The van der Waals surface area contributed by atoms with Crippen molar-refractivity contribution in [1.82, 2.24) is 5.32 Å². The van der Waals surface area contributed by atoms with Crippen molar-refractivity contribution in [2.75, 3.05) is 38.8 Å². The van der Waals surface area contributed by atoms with Gasteiger partial charge < -0.3 is 20.7 Å². The van der Waals surface area contributed by atoms with E-state index in [2.05, 4.69) is 22.3 Å². The zero-order valence-electron chi connectivity index (χ0n) is 12.3. The standard InChI is InChI=1S/C15H25N3O2/c1-18(13-7-4-3-5-8-13)11-6-10-17-15(19)14(16)9-12-20-2/h3-5,7-8,14H,6,9-12,16H2,1-2H3,(H,17,19). The summed E-state index contributed by atoms with van der Waals surface area (Å²) in [7, 11) is 3.64. The van der Waals surface area contributed by atoms with Crippen LogP contribution in [0.15, 0.2) is 30.3 Å². The summed E-state index contributed by atoms with van der Waals surface area (Å²) in [6.45, 7) is 2.03. The lowest BCUT2D eigenvalue weighted by Gasteiger charge is -2.19. The molecule has 20 heavy (non-hydrogen) atoms. The van der Waals surface area contributed by atoms with Gasteiger partial charge in [-0.25, -0.2) is 0 Å². The summed E-state index contributed by atoms with van der Waals surface area (Å²) in [6, 6.07) is 9.68. The number of para-hydroxylation sites is 1. The van der Waals surface area contributed by atoms with Crippen molar-refractivity contribution in [2.45, 2.75) is 18.9 Å². The van der Waals surface area contributed by atoms with Crippen LogP contribution in [0.3, 0.4) is 0 Å². The van der Waals surface area contributed by atoms with Crippen LogP contribution in [0.1, 0.15) is 12.8 Å². The number of nitrogens with one attached hydrogen (secondary N) is 1. The van der Waals surface area contributed by atoms with Crippen LogP contribution in [0.25, 0.3) is 0 Å². The summed E-state index contributed by atoms with van der Waals surface area (Å²) in [4.78, 5) is 13.8. The van der Waals surface area contributed by atoms with Crippen molar-refractivity contribution in [3.63, 3.8) is 0 Å². The Kier molecular flexibility index (Phi) is 7.69. The molecule has 0 fully saturated rings. The van der Waals surface area contributed by atoms with Crippen molar-refractivity contribution in [2.24, 2.45) is 5.73 Å². The van der Waals surface area contributed by atoms with Gasteiger partial charge in [-0.2, -0.15) is 0 Å². The predicted octanol–water partition coefficient (Wildman–Crippen LogP) is 0.993. The second-order valence-corrected chi connectivity index (χ2v) is 4.79. The second kappa shape index (κ2) is 9.34. The van der Waals surface area contributed by atoms with Gasteiger partial charge in [-0.05, 0) is 25.0 Å². The highest BCUT2D eigenvalue weighted by Gasteiger charge is 2.11. The highest BCUT2D eigenvalue weighted by atomic mass is 16.5. The first-order valence-corrected chi connectivity index (χ1v) is 6.93. The zero-order chi connectivity index (χ0) is 14.8. The molecule has 0 saturated carbocycles. The molecule has 0 radical (unpaired) electrons. The van der Waals surface area contributed by atoms with E-state index in [-0.39, 0.29) is 5.91 Å². The number of carbonyl (C=O) groups is 1. The number of methoxy groups -OCH3 is 1. The molecule has 112 valence electrons. The largest absolute Gasteiger partial charge is 0.385 e. The second-order valence-electron chi connectivity index (χ2n) is 4.79. The van der Waals surface area contributed by atoms with Crippen LogP contribution < -0.4 is 16.0 Å². The molecule has 0 aliphatic rings. The zero-order valence-corrected chi connectivity index (χ0v) is 12.3. The molecule has 0 bridgehead atoms. The molecule has 1 aromatic rings. The van der Waals surface area contributed by atoms with Crippen LogP contribution >= 0.6 is 0 Å². The summed E-state index contributed by atoms with van der Waals surface area (Å²) in [5.41, 5.74) is 6.91. The van der Waals surface area contributed by atoms with Gasteiger partial charge in [-0.1, -0.05) is 18.2 Å². The predicted molar refractivity (Wildman–Crippen MR) is 81.8 cm³/mol. The minimum atomic E-state index is -0.484. The third kappa shape index (κ3) is 6.04. The van der Waals surface area contributed by atoms with Crippen LogP contribution in [0.5, 0.6) is 0 Å². The summed E-state index contributed by atoms with van der Waals surface area (Å²) in [6.07, 6.45) is 1.43. The first kappa shape index (κ1) is 16.5. The van der Waals surface area contributed by atoms with Gasteiger partial charge in [0.1, 0.15) is 0 Å². The molecular weight excluding hydrogens is 254 g/mol. The lowest BCUT2D eigenvalue weighted by atomic mass is 10.2. The number of nitrogens with zero attached hydrogens (tertiary/aromatic N) is 1. The summed E-state index contributed by atoms with van der Waals surface area (Å²) in [5, 5.41) is 2.85. The van der Waals surface area contributed by atoms with E-state index in [1.807, 2.05) is 25.2 Å². The van der Waals surface area contributed by atoms with Crippen LogP contribution in [0.4, 0.5) is 5.69 Å². The van der Waals surface area contributed by atoms with E-state index >= 15 is 0 Å². The SMILES string of the molecule is COCCC(N)C(=O)NCCCN(C)c1ccccc1. The van der Waals surface area contributed by atoms with Crippen LogP contribution in [0.2, 0.25) is 0 Å². The molecule has 0 saturated heterocycles. The van der Waals surface area contributed by atoms with Gasteiger partial charge >= 0.3 is 0 Å². The summed E-state index contributed by atoms with van der Waals surface area (Å²) in [5.74, 6) is -0.107. The average molecular weight is 279 g/mol. The molecule has 1 aromatic carbocycles. The van der Waals surface area contributed by atoms with Crippen LogP contribution in [-0.4, -0.2) is 45.8 Å². The van der Waals surface area contributed by atoms with Gasteiger partial charge in [-0.3, -0.25) is 4.79 Å². The van der Waals surface area contributed by atoms with Crippen molar-refractivity contribution >= 4 is 11.6 Å². The number of nitrogens with two attached hydrogens (primary N) is 1. The minimum absolute atomic E-state index is 0.107. The number of ether oxygens (including phenoxy) is 1. The quantitative estimate of drug-likeness (QED) is 0.662. The first-order chi connectivity index (χ1) is 9.65. The van der Waals surface area contributed by atoms with Gasteiger partial charge in [0.05, 0.1) is 6.04 Å². The minimum Gasteiger partial charge on any atom is -0.385 e. The molecule has 1 rings (SSSR count). The Labute approximate surface area is 121 Å². The third-order valence-electron chi connectivity index (χ3n) is 3.14. The molecule has 0 aliphatic carbocycles. The maximum Gasteiger partial charge on any atom is 0.237 e. The fourth-order valence-electron chi connectivity index (χ4n) is 1.85. The molecule has 1 amide bonds. The van der Waals surface area contributed by atoms with Crippen LogP contribution in [-0.2, 0) is 9.53 Å². The van der Waals surface area contributed by atoms with Gasteiger partial charge in [-0.15, -0.1) is 0 Å². The number of hydrogen-bond donors (Lipinski definition) is 2. The Hall–Kier alpha value is -1.59. The van der Waals surface area contributed by atoms with Gasteiger partial charge in [0.25, 0.3) is 0 Å². The van der Waals surface area contributed by atoms with Crippen LogP contribution in [0, 0.1) is 0 Å². The molecule has 0 spiro atoms. The van der Waals surface area contributed by atoms with Crippen molar-refractivity contribution in [1.29, 1.82) is 0 Å². The number of benzene rings is 1. The van der Waals surface area contributed by atoms with Gasteiger partial charge in [0.2, 0.25) is 5.91 Å². The normalized spacial score (nSPS) is 11.9. The molecule has 0 aromatic heterocycles. The van der Waals surface area contributed by atoms with E-state index < -0.39 is 6.04 Å². The summed E-state index contributed by atoms with van der Waals surface area (Å²) >= 11 is 0. The van der Waals surface area contributed by atoms with E-state index in [0.717, 1.165) is 13.0 Å². The molecule has 0 aliphatic heterocycles. The van der Waals surface area contributed by atoms with Crippen molar-refractivity contribution in [3.05, 3.63) is 30.3 Å². The lowest BCUT2D eigenvalue weighted by molar-refractivity contribution is -0.122. The number of hydrogen-bond acceptors (Lipinski definition) is 4. The Bertz CT molecular complexity index is 384. The molecular formula is C15H25N3O2. The fraction of sp³-hybridized carbons (Fsp3) is 0.533.